The second-order valence-electron chi connectivity index (χ2n) is 6.97. The predicted octanol–water partition coefficient (Wildman–Crippen LogP) is 2.92. The molecule has 0 bridgehead atoms. The van der Waals surface area contributed by atoms with Crippen molar-refractivity contribution < 1.29 is 4.79 Å². The highest BCUT2D eigenvalue weighted by Crippen LogP contribution is 2.30. The van der Waals surface area contributed by atoms with Crippen molar-refractivity contribution >= 4 is 17.2 Å². The fourth-order valence-corrected chi connectivity index (χ4v) is 4.34. The molecule has 5 nitrogen and oxygen atoms in total. The monoisotopic (exact) mass is 344 g/mol. The minimum Gasteiger partial charge on any atom is -0.352 e. The Kier molecular flexibility index (Phi) is 4.67. The zero-order valence-corrected chi connectivity index (χ0v) is 14.7. The van der Waals surface area contributed by atoms with E-state index in [1.807, 2.05) is 23.0 Å². The van der Waals surface area contributed by atoms with E-state index in [2.05, 4.69) is 26.1 Å². The first-order chi connectivity index (χ1) is 11.8. The van der Waals surface area contributed by atoms with E-state index in [1.165, 1.54) is 31.5 Å². The number of carbonyl (C=O) groups is 1. The van der Waals surface area contributed by atoms with Crippen molar-refractivity contribution in [2.75, 3.05) is 19.6 Å². The van der Waals surface area contributed by atoms with Gasteiger partial charge in [-0.15, -0.1) is 0 Å². The SMILES string of the molecule is O=C(NCC[C@H]1CN(CC2CCC2)Cc2ccnn21)c1ccsc1. The molecule has 0 spiro atoms. The molecule has 1 atom stereocenters. The van der Waals surface area contributed by atoms with Gasteiger partial charge in [0.05, 0.1) is 11.7 Å². The van der Waals surface area contributed by atoms with Crippen LogP contribution in [0.5, 0.6) is 0 Å². The van der Waals surface area contributed by atoms with Crippen molar-refractivity contribution in [3.8, 4) is 0 Å². The molecule has 2 aliphatic rings. The zero-order valence-electron chi connectivity index (χ0n) is 13.9. The Bertz CT molecular complexity index is 677. The van der Waals surface area contributed by atoms with Crippen LogP contribution in [0.3, 0.4) is 0 Å². The molecule has 1 aliphatic heterocycles. The third kappa shape index (κ3) is 3.39. The first kappa shape index (κ1) is 15.8. The Morgan fingerprint density at radius 2 is 2.29 bits per heavy atom. The lowest BCUT2D eigenvalue weighted by Gasteiger charge is -2.38. The van der Waals surface area contributed by atoms with Crippen LogP contribution < -0.4 is 5.32 Å². The van der Waals surface area contributed by atoms with Gasteiger partial charge in [0, 0.05) is 43.3 Å². The average Bonchev–Trinajstić information content (AvgIpc) is 3.22. The van der Waals surface area contributed by atoms with Crippen LogP contribution in [0.4, 0.5) is 0 Å². The van der Waals surface area contributed by atoms with Gasteiger partial charge in [-0.05, 0) is 42.7 Å². The minimum absolute atomic E-state index is 0.0269. The van der Waals surface area contributed by atoms with Gasteiger partial charge in [-0.3, -0.25) is 14.4 Å². The van der Waals surface area contributed by atoms with Gasteiger partial charge >= 0.3 is 0 Å². The van der Waals surface area contributed by atoms with Crippen molar-refractivity contribution in [3.05, 3.63) is 40.3 Å². The van der Waals surface area contributed by atoms with E-state index >= 15 is 0 Å². The zero-order chi connectivity index (χ0) is 16.4. The Labute approximate surface area is 146 Å². The van der Waals surface area contributed by atoms with Gasteiger partial charge in [0.15, 0.2) is 0 Å². The van der Waals surface area contributed by atoms with Crippen molar-refractivity contribution in [1.29, 1.82) is 0 Å². The smallest absolute Gasteiger partial charge is 0.252 e. The number of nitrogens with zero attached hydrogens (tertiary/aromatic N) is 3. The summed E-state index contributed by atoms with van der Waals surface area (Å²) in [6.07, 6.45) is 6.99. The van der Waals surface area contributed by atoms with Gasteiger partial charge in [0.25, 0.3) is 5.91 Å². The maximum Gasteiger partial charge on any atom is 0.252 e. The van der Waals surface area contributed by atoms with Crippen LogP contribution in [-0.4, -0.2) is 40.2 Å². The molecule has 0 saturated heterocycles. The number of hydrogen-bond acceptors (Lipinski definition) is 4. The summed E-state index contributed by atoms with van der Waals surface area (Å²) in [5, 5.41) is 11.4. The maximum atomic E-state index is 12.1. The van der Waals surface area contributed by atoms with Crippen molar-refractivity contribution in [1.82, 2.24) is 20.0 Å². The number of carbonyl (C=O) groups excluding carboxylic acids is 1. The number of thiophene rings is 1. The summed E-state index contributed by atoms with van der Waals surface area (Å²) in [7, 11) is 0. The molecule has 0 aromatic carbocycles. The minimum atomic E-state index is 0.0269. The van der Waals surface area contributed by atoms with E-state index in [-0.39, 0.29) is 5.91 Å². The van der Waals surface area contributed by atoms with Crippen molar-refractivity contribution in [2.24, 2.45) is 5.92 Å². The molecule has 1 saturated carbocycles. The topological polar surface area (TPSA) is 50.2 Å². The van der Waals surface area contributed by atoms with E-state index in [0.717, 1.165) is 31.0 Å². The van der Waals surface area contributed by atoms with Gasteiger partial charge in [0.2, 0.25) is 0 Å². The van der Waals surface area contributed by atoms with Crippen LogP contribution >= 0.6 is 11.3 Å². The number of hydrogen-bond donors (Lipinski definition) is 1. The summed E-state index contributed by atoms with van der Waals surface area (Å²) in [6.45, 7) is 3.95. The van der Waals surface area contributed by atoms with Gasteiger partial charge < -0.3 is 5.32 Å². The number of aromatic nitrogens is 2. The molecule has 0 unspecified atom stereocenters. The molecule has 1 N–H and O–H groups in total. The molecule has 2 aromatic rings. The van der Waals surface area contributed by atoms with E-state index in [9.17, 15) is 4.79 Å². The quantitative estimate of drug-likeness (QED) is 0.876. The molecule has 1 fully saturated rings. The van der Waals surface area contributed by atoms with Crippen LogP contribution in [-0.2, 0) is 6.54 Å². The summed E-state index contributed by atoms with van der Waals surface area (Å²) in [4.78, 5) is 14.6. The van der Waals surface area contributed by atoms with Crippen LogP contribution in [0.1, 0.15) is 47.8 Å². The molecule has 4 rings (SSSR count). The summed E-state index contributed by atoms with van der Waals surface area (Å²) >= 11 is 1.55. The second-order valence-corrected chi connectivity index (χ2v) is 7.75. The van der Waals surface area contributed by atoms with E-state index in [0.29, 0.717) is 12.6 Å². The van der Waals surface area contributed by atoms with E-state index < -0.39 is 0 Å². The Hall–Kier alpha value is -1.66. The predicted molar refractivity (Wildman–Crippen MR) is 95.2 cm³/mol. The number of rotatable bonds is 6. The fourth-order valence-electron chi connectivity index (χ4n) is 3.71. The maximum absolute atomic E-state index is 12.1. The molecule has 0 radical (unpaired) electrons. The molecule has 1 aliphatic carbocycles. The summed E-state index contributed by atoms with van der Waals surface area (Å²) < 4.78 is 2.16. The lowest BCUT2D eigenvalue weighted by Crippen LogP contribution is -2.42. The molecule has 1 amide bonds. The molecule has 6 heteroatoms. The molecular weight excluding hydrogens is 320 g/mol. The first-order valence-corrected chi connectivity index (χ1v) is 9.79. The number of amides is 1. The van der Waals surface area contributed by atoms with Crippen LogP contribution in [0.2, 0.25) is 0 Å². The lowest BCUT2D eigenvalue weighted by molar-refractivity contribution is 0.0942. The fraction of sp³-hybridized carbons (Fsp3) is 0.556. The van der Waals surface area contributed by atoms with Crippen LogP contribution in [0.25, 0.3) is 0 Å². The first-order valence-electron chi connectivity index (χ1n) is 8.85. The number of fused-ring (bicyclic) bond motifs is 1. The summed E-state index contributed by atoms with van der Waals surface area (Å²) in [6, 6.07) is 4.35. The van der Waals surface area contributed by atoms with E-state index in [4.69, 9.17) is 0 Å². The van der Waals surface area contributed by atoms with E-state index in [1.54, 1.807) is 11.3 Å². The normalized spacial score (nSPS) is 21.2. The molecule has 2 aromatic heterocycles. The van der Waals surface area contributed by atoms with Gasteiger partial charge in [-0.25, -0.2) is 0 Å². The van der Waals surface area contributed by atoms with Crippen molar-refractivity contribution in [2.45, 2.75) is 38.3 Å². The third-order valence-electron chi connectivity index (χ3n) is 5.24. The largest absolute Gasteiger partial charge is 0.352 e. The Balaban J connectivity index is 1.34. The van der Waals surface area contributed by atoms with Gasteiger partial charge in [0.1, 0.15) is 0 Å². The summed E-state index contributed by atoms with van der Waals surface area (Å²) in [5.41, 5.74) is 2.06. The third-order valence-corrected chi connectivity index (χ3v) is 5.92. The molecule has 3 heterocycles. The van der Waals surface area contributed by atoms with Crippen LogP contribution in [0, 0.1) is 5.92 Å². The molecule has 128 valence electrons. The average molecular weight is 344 g/mol. The molecular formula is C18H24N4OS. The highest BCUT2D eigenvalue weighted by atomic mass is 32.1. The highest BCUT2D eigenvalue weighted by molar-refractivity contribution is 7.08. The lowest BCUT2D eigenvalue weighted by atomic mass is 9.85. The van der Waals surface area contributed by atoms with Crippen molar-refractivity contribution in [3.63, 3.8) is 0 Å². The second kappa shape index (κ2) is 7.07. The van der Waals surface area contributed by atoms with Gasteiger partial charge in [-0.2, -0.15) is 16.4 Å². The number of nitrogens with one attached hydrogen (secondary N) is 1. The molecule has 24 heavy (non-hydrogen) atoms. The summed E-state index contributed by atoms with van der Waals surface area (Å²) in [5.74, 6) is 0.914. The Morgan fingerprint density at radius 1 is 1.38 bits per heavy atom. The van der Waals surface area contributed by atoms with Gasteiger partial charge in [-0.1, -0.05) is 6.42 Å². The standard InChI is InChI=1S/C18H24N4OS/c23-18(15-6-9-24-13-15)19-7-4-16-11-21(10-14-2-1-3-14)12-17-5-8-20-22(16)17/h5-6,8-9,13-14,16H,1-4,7,10-12H2,(H,19,23)/t16-/m0/s1. The van der Waals surface area contributed by atoms with Crippen LogP contribution in [0.15, 0.2) is 29.1 Å². The highest BCUT2D eigenvalue weighted by Gasteiger charge is 2.28. The Morgan fingerprint density at radius 3 is 3.04 bits per heavy atom.